The Morgan fingerprint density at radius 2 is 2.04 bits per heavy atom. The summed E-state index contributed by atoms with van der Waals surface area (Å²) in [5.74, 6) is 1.09. The van der Waals surface area contributed by atoms with Crippen molar-refractivity contribution in [3.05, 3.63) is 35.5 Å². The molecule has 2 aromatic heterocycles. The van der Waals surface area contributed by atoms with E-state index >= 15 is 0 Å². The Morgan fingerprint density at radius 1 is 1.15 bits per heavy atom. The summed E-state index contributed by atoms with van der Waals surface area (Å²) in [5, 5.41) is 8.42. The zero-order chi connectivity index (χ0) is 17.7. The van der Waals surface area contributed by atoms with E-state index in [4.69, 9.17) is 4.42 Å². The molecule has 0 spiro atoms. The third-order valence-electron chi connectivity index (χ3n) is 5.73. The number of carbonyl (C=O) groups excluding carboxylic acids is 1. The molecule has 1 amide bonds. The van der Waals surface area contributed by atoms with E-state index in [0.29, 0.717) is 17.8 Å². The van der Waals surface area contributed by atoms with Crippen LogP contribution >= 0.6 is 0 Å². The van der Waals surface area contributed by atoms with Crippen LogP contribution in [0, 0.1) is 6.92 Å². The number of fused-ring (bicyclic) bond motifs is 1. The molecule has 1 saturated carbocycles. The van der Waals surface area contributed by atoms with E-state index < -0.39 is 0 Å². The van der Waals surface area contributed by atoms with Gasteiger partial charge in [-0.1, -0.05) is 24.0 Å². The quantitative estimate of drug-likeness (QED) is 0.844. The highest BCUT2D eigenvalue weighted by molar-refractivity contribution is 5.98. The predicted molar refractivity (Wildman–Crippen MR) is 94.4 cm³/mol. The van der Waals surface area contributed by atoms with Gasteiger partial charge in [0.1, 0.15) is 6.17 Å². The number of aryl methyl sites for hydroxylation is 1. The van der Waals surface area contributed by atoms with Crippen LogP contribution in [0.5, 0.6) is 0 Å². The summed E-state index contributed by atoms with van der Waals surface area (Å²) in [4.78, 5) is 21.9. The van der Waals surface area contributed by atoms with Gasteiger partial charge in [0.25, 0.3) is 0 Å². The molecule has 1 aliphatic carbocycles. The second-order valence-corrected chi connectivity index (χ2v) is 7.59. The monoisotopic (exact) mass is 353 g/mol. The zero-order valence-corrected chi connectivity index (χ0v) is 15.0. The SMILES string of the molecule is Cc1cccnc1C1N(c2nnc(C3CC3)o2)C(=O)[C@H]2CCCCCN12. The van der Waals surface area contributed by atoms with Crippen molar-refractivity contribution in [3.63, 3.8) is 0 Å². The van der Waals surface area contributed by atoms with E-state index in [0.717, 1.165) is 49.9 Å². The first-order valence-electron chi connectivity index (χ1n) is 9.58. The molecule has 4 heterocycles. The number of nitrogens with zero attached hydrogens (tertiary/aromatic N) is 5. The largest absolute Gasteiger partial charge is 0.407 e. The summed E-state index contributed by atoms with van der Waals surface area (Å²) < 4.78 is 5.92. The molecule has 3 aliphatic rings. The van der Waals surface area contributed by atoms with Crippen LogP contribution < -0.4 is 4.90 Å². The Morgan fingerprint density at radius 3 is 2.85 bits per heavy atom. The number of aromatic nitrogens is 3. The number of hydrogen-bond acceptors (Lipinski definition) is 6. The first kappa shape index (κ1) is 15.9. The van der Waals surface area contributed by atoms with Crippen molar-refractivity contribution in [1.29, 1.82) is 0 Å². The third-order valence-corrected chi connectivity index (χ3v) is 5.73. The van der Waals surface area contributed by atoms with E-state index in [1.807, 2.05) is 19.1 Å². The lowest BCUT2D eigenvalue weighted by Crippen LogP contribution is -2.35. The van der Waals surface area contributed by atoms with Gasteiger partial charge in [-0.2, -0.15) is 0 Å². The lowest BCUT2D eigenvalue weighted by molar-refractivity contribution is -0.119. The highest BCUT2D eigenvalue weighted by atomic mass is 16.4. The number of pyridine rings is 1. The van der Waals surface area contributed by atoms with Gasteiger partial charge >= 0.3 is 6.01 Å². The summed E-state index contributed by atoms with van der Waals surface area (Å²) in [6, 6.07) is 4.16. The Balaban J connectivity index is 1.59. The van der Waals surface area contributed by atoms with Crippen LogP contribution in [0.3, 0.4) is 0 Å². The molecule has 0 radical (unpaired) electrons. The number of carbonyl (C=O) groups is 1. The van der Waals surface area contributed by atoms with Gasteiger partial charge in [0.15, 0.2) is 0 Å². The van der Waals surface area contributed by atoms with Crippen LogP contribution in [-0.2, 0) is 4.79 Å². The molecule has 2 aliphatic heterocycles. The number of hydrogen-bond donors (Lipinski definition) is 0. The Labute approximate surface area is 152 Å². The second-order valence-electron chi connectivity index (χ2n) is 7.59. The van der Waals surface area contributed by atoms with Gasteiger partial charge in [0.2, 0.25) is 11.8 Å². The first-order chi connectivity index (χ1) is 12.7. The summed E-state index contributed by atoms with van der Waals surface area (Å²) in [6.07, 6.45) is 7.92. The summed E-state index contributed by atoms with van der Waals surface area (Å²) in [6.45, 7) is 2.93. The van der Waals surface area contributed by atoms with Gasteiger partial charge < -0.3 is 4.42 Å². The third kappa shape index (κ3) is 2.53. The maximum absolute atomic E-state index is 13.3. The van der Waals surface area contributed by atoms with Gasteiger partial charge in [0.05, 0.1) is 11.7 Å². The summed E-state index contributed by atoms with van der Waals surface area (Å²) in [5.41, 5.74) is 1.97. The van der Waals surface area contributed by atoms with Crippen molar-refractivity contribution in [1.82, 2.24) is 20.1 Å². The van der Waals surface area contributed by atoms with Crippen molar-refractivity contribution in [2.75, 3.05) is 11.4 Å². The van der Waals surface area contributed by atoms with Crippen molar-refractivity contribution in [3.8, 4) is 0 Å². The molecule has 3 fully saturated rings. The van der Waals surface area contributed by atoms with Crippen LogP contribution in [0.1, 0.15) is 67.8 Å². The molecule has 2 atom stereocenters. The Kier molecular flexibility index (Phi) is 3.77. The molecule has 7 heteroatoms. The molecular weight excluding hydrogens is 330 g/mol. The van der Waals surface area contributed by atoms with Gasteiger partial charge in [-0.3, -0.25) is 14.7 Å². The Bertz CT molecular complexity index is 831. The molecule has 1 unspecified atom stereocenters. The minimum Gasteiger partial charge on any atom is -0.407 e. The summed E-state index contributed by atoms with van der Waals surface area (Å²) >= 11 is 0. The Hall–Kier alpha value is -2.28. The molecule has 5 rings (SSSR count). The number of amides is 1. The molecule has 0 N–H and O–H groups in total. The van der Waals surface area contributed by atoms with Crippen LogP contribution in [0.15, 0.2) is 22.7 Å². The van der Waals surface area contributed by atoms with E-state index in [1.54, 1.807) is 11.1 Å². The fourth-order valence-electron chi connectivity index (χ4n) is 4.18. The van der Waals surface area contributed by atoms with Crippen molar-refractivity contribution in [2.24, 2.45) is 0 Å². The standard InChI is InChI=1S/C19H23N5O2/c1-12-6-5-10-20-15(12)17-23-11-4-2-3-7-14(23)18(25)24(17)19-22-21-16(26-19)13-8-9-13/h5-6,10,13-14,17H,2-4,7-9,11H2,1H3/t14-,17?/m1/s1. The molecule has 26 heavy (non-hydrogen) atoms. The number of anilines is 1. The van der Waals surface area contributed by atoms with Crippen molar-refractivity contribution in [2.45, 2.75) is 63.6 Å². The topological polar surface area (TPSA) is 75.4 Å². The molecule has 0 aromatic carbocycles. The van der Waals surface area contributed by atoms with Gasteiger partial charge in [0, 0.05) is 18.7 Å². The molecule has 0 bridgehead atoms. The maximum Gasteiger partial charge on any atom is 0.326 e. The molecule has 2 aromatic rings. The maximum atomic E-state index is 13.3. The van der Waals surface area contributed by atoms with Crippen LogP contribution in [0.4, 0.5) is 6.01 Å². The lowest BCUT2D eigenvalue weighted by Gasteiger charge is -2.29. The van der Waals surface area contributed by atoms with Crippen LogP contribution in [0.2, 0.25) is 0 Å². The fraction of sp³-hybridized carbons (Fsp3) is 0.579. The lowest BCUT2D eigenvalue weighted by atomic mass is 10.1. The van der Waals surface area contributed by atoms with E-state index in [9.17, 15) is 4.79 Å². The van der Waals surface area contributed by atoms with Gasteiger partial charge in [-0.05, 0) is 44.2 Å². The highest BCUT2D eigenvalue weighted by Gasteiger charge is 2.50. The highest BCUT2D eigenvalue weighted by Crippen LogP contribution is 2.43. The second kappa shape index (κ2) is 6.16. The molecular formula is C19H23N5O2. The van der Waals surface area contributed by atoms with Crippen LogP contribution in [0.25, 0.3) is 0 Å². The smallest absolute Gasteiger partial charge is 0.326 e. The normalized spacial score (nSPS) is 26.8. The van der Waals surface area contributed by atoms with E-state index in [-0.39, 0.29) is 18.1 Å². The average Bonchev–Trinajstić information content (AvgIpc) is 3.38. The van der Waals surface area contributed by atoms with Gasteiger partial charge in [-0.25, -0.2) is 4.90 Å². The predicted octanol–water partition coefficient (Wildman–Crippen LogP) is 2.94. The minimum atomic E-state index is -0.265. The minimum absolute atomic E-state index is 0.0629. The molecule has 136 valence electrons. The van der Waals surface area contributed by atoms with E-state index in [1.165, 1.54) is 6.42 Å². The average molecular weight is 353 g/mol. The summed E-state index contributed by atoms with van der Waals surface area (Å²) in [7, 11) is 0. The molecule has 7 nitrogen and oxygen atoms in total. The van der Waals surface area contributed by atoms with Gasteiger partial charge in [-0.15, -0.1) is 5.10 Å². The first-order valence-corrected chi connectivity index (χ1v) is 9.58. The van der Waals surface area contributed by atoms with Crippen molar-refractivity contribution < 1.29 is 9.21 Å². The fourth-order valence-corrected chi connectivity index (χ4v) is 4.18. The van der Waals surface area contributed by atoms with Crippen LogP contribution in [-0.4, -0.2) is 38.6 Å². The zero-order valence-electron chi connectivity index (χ0n) is 15.0. The molecule has 2 saturated heterocycles. The van der Waals surface area contributed by atoms with E-state index in [2.05, 4.69) is 20.1 Å². The number of rotatable bonds is 3. The van der Waals surface area contributed by atoms with Crippen molar-refractivity contribution >= 4 is 11.9 Å².